The second-order valence-corrected chi connectivity index (χ2v) is 10.5. The van der Waals surface area contributed by atoms with Crippen molar-refractivity contribution in [2.45, 2.75) is 77.7 Å². The van der Waals surface area contributed by atoms with Gasteiger partial charge in [0, 0.05) is 38.8 Å². The minimum Gasteiger partial charge on any atom is -0.318 e. The molecule has 0 amide bonds. The summed E-state index contributed by atoms with van der Waals surface area (Å²) in [6, 6.07) is 0.519. The number of aromatic nitrogens is 2. The van der Waals surface area contributed by atoms with Crippen LogP contribution in [0.5, 0.6) is 0 Å². The molecule has 1 saturated heterocycles. The maximum Gasteiger partial charge on any atom is 0.227 e. The van der Waals surface area contributed by atoms with E-state index < -0.39 is 9.84 Å². The van der Waals surface area contributed by atoms with Crippen LogP contribution in [0.2, 0.25) is 0 Å². The minimum absolute atomic E-state index is 0.194. The monoisotopic (exact) mass is 398 g/mol. The van der Waals surface area contributed by atoms with Gasteiger partial charge in [-0.2, -0.15) is 0 Å². The van der Waals surface area contributed by atoms with E-state index in [1.54, 1.807) is 6.20 Å². The standard InChI is InChI=1S/C20H38N4O2S/c1-6-7-10-24-19(16-23-12-11-22(5)18(4)15-23)14-21-20(24)27(25,26)13-8-9-17(2)3/h14,17-18H,6-13,15-16H2,1-5H3/t18-/m1/s1. The highest BCUT2D eigenvalue weighted by atomic mass is 32.2. The topological polar surface area (TPSA) is 58.4 Å². The Labute approximate surface area is 165 Å². The fourth-order valence-electron chi connectivity index (χ4n) is 3.59. The predicted octanol–water partition coefficient (Wildman–Crippen LogP) is 3.03. The van der Waals surface area contributed by atoms with Crippen LogP contribution in [0.3, 0.4) is 0 Å². The Kier molecular flexibility index (Phi) is 8.31. The molecule has 0 radical (unpaired) electrons. The van der Waals surface area contributed by atoms with Gasteiger partial charge < -0.3 is 9.47 Å². The van der Waals surface area contributed by atoms with Gasteiger partial charge >= 0.3 is 0 Å². The molecule has 7 heteroatoms. The SMILES string of the molecule is CCCCn1c(CN2CCN(C)[C@H](C)C2)cnc1S(=O)(=O)CCCC(C)C. The van der Waals surface area contributed by atoms with Crippen molar-refractivity contribution in [2.24, 2.45) is 5.92 Å². The summed E-state index contributed by atoms with van der Waals surface area (Å²) in [5, 5.41) is 0.275. The van der Waals surface area contributed by atoms with Crippen molar-refractivity contribution in [1.29, 1.82) is 0 Å². The van der Waals surface area contributed by atoms with Crippen molar-refractivity contribution in [3.8, 4) is 0 Å². The lowest BCUT2D eigenvalue weighted by molar-refractivity contribution is 0.0979. The number of hydrogen-bond donors (Lipinski definition) is 0. The summed E-state index contributed by atoms with van der Waals surface area (Å²) in [6.07, 6.45) is 5.42. The van der Waals surface area contributed by atoms with Gasteiger partial charge in [0.25, 0.3) is 0 Å². The molecule has 6 nitrogen and oxygen atoms in total. The fraction of sp³-hybridized carbons (Fsp3) is 0.850. The third kappa shape index (κ3) is 6.29. The highest BCUT2D eigenvalue weighted by Crippen LogP contribution is 2.19. The molecule has 0 unspecified atom stereocenters. The van der Waals surface area contributed by atoms with Crippen LogP contribution in [-0.4, -0.2) is 66.2 Å². The van der Waals surface area contributed by atoms with Gasteiger partial charge in [0.1, 0.15) is 0 Å². The molecule has 0 aromatic carbocycles. The number of nitrogens with zero attached hydrogens (tertiary/aromatic N) is 4. The Bertz CT molecular complexity index is 684. The summed E-state index contributed by atoms with van der Waals surface area (Å²) < 4.78 is 27.8. The molecule has 1 atom stereocenters. The van der Waals surface area contributed by atoms with Crippen molar-refractivity contribution in [3.63, 3.8) is 0 Å². The number of rotatable bonds is 10. The van der Waals surface area contributed by atoms with Crippen LogP contribution in [0.4, 0.5) is 0 Å². The van der Waals surface area contributed by atoms with Crippen molar-refractivity contribution in [3.05, 3.63) is 11.9 Å². The largest absolute Gasteiger partial charge is 0.318 e. The van der Waals surface area contributed by atoms with E-state index in [0.29, 0.717) is 18.4 Å². The Morgan fingerprint density at radius 3 is 2.63 bits per heavy atom. The molecule has 0 bridgehead atoms. The molecule has 1 aliphatic heterocycles. The number of piperazine rings is 1. The first-order chi connectivity index (χ1) is 12.7. The quantitative estimate of drug-likeness (QED) is 0.606. The molecule has 0 N–H and O–H groups in total. The molecule has 1 aromatic rings. The van der Waals surface area contributed by atoms with Gasteiger partial charge in [0.05, 0.1) is 17.6 Å². The lowest BCUT2D eigenvalue weighted by Crippen LogP contribution is -2.49. The van der Waals surface area contributed by atoms with Gasteiger partial charge in [-0.05, 0) is 39.2 Å². The van der Waals surface area contributed by atoms with Crippen LogP contribution in [0, 0.1) is 5.92 Å². The first-order valence-electron chi connectivity index (χ1n) is 10.4. The van der Waals surface area contributed by atoms with E-state index in [1.165, 1.54) is 0 Å². The van der Waals surface area contributed by atoms with Crippen molar-refractivity contribution >= 4 is 9.84 Å². The average molecular weight is 399 g/mol. The molecule has 1 fully saturated rings. The molecule has 2 heterocycles. The second kappa shape index (κ2) is 10.0. The zero-order valence-corrected chi connectivity index (χ0v) is 18.6. The number of likely N-dealkylation sites (N-methyl/N-ethyl adjacent to an activating group) is 1. The van der Waals surface area contributed by atoms with E-state index >= 15 is 0 Å². The summed E-state index contributed by atoms with van der Waals surface area (Å²) in [6.45, 7) is 13.2. The number of unbranched alkanes of at least 4 members (excludes halogenated alkanes) is 1. The first kappa shape index (κ1) is 22.4. The molecule has 0 spiro atoms. The average Bonchev–Trinajstić information content (AvgIpc) is 2.99. The zero-order chi connectivity index (χ0) is 20.0. The third-order valence-electron chi connectivity index (χ3n) is 5.54. The molecule has 1 aromatic heterocycles. The number of sulfone groups is 1. The Morgan fingerprint density at radius 2 is 2.00 bits per heavy atom. The Morgan fingerprint density at radius 1 is 1.26 bits per heavy atom. The normalized spacial score (nSPS) is 19.9. The Balaban J connectivity index is 2.16. The molecule has 0 saturated carbocycles. The van der Waals surface area contributed by atoms with Crippen LogP contribution in [-0.2, 0) is 22.9 Å². The number of hydrogen-bond acceptors (Lipinski definition) is 5. The maximum absolute atomic E-state index is 12.9. The highest BCUT2D eigenvalue weighted by molar-refractivity contribution is 7.91. The van der Waals surface area contributed by atoms with Crippen LogP contribution >= 0.6 is 0 Å². The molecule has 1 aliphatic rings. The van der Waals surface area contributed by atoms with E-state index in [1.807, 2.05) is 4.57 Å². The first-order valence-corrected chi connectivity index (χ1v) is 12.1. The molecular formula is C20H38N4O2S. The van der Waals surface area contributed by atoms with E-state index in [4.69, 9.17) is 0 Å². The van der Waals surface area contributed by atoms with Crippen molar-refractivity contribution in [2.75, 3.05) is 32.4 Å². The predicted molar refractivity (Wildman–Crippen MR) is 111 cm³/mol. The van der Waals surface area contributed by atoms with E-state index in [2.05, 4.69) is 49.5 Å². The molecule has 0 aliphatic carbocycles. The zero-order valence-electron chi connectivity index (χ0n) is 17.8. The van der Waals surface area contributed by atoms with E-state index in [-0.39, 0.29) is 10.9 Å². The lowest BCUT2D eigenvalue weighted by atomic mass is 10.1. The van der Waals surface area contributed by atoms with Crippen LogP contribution in [0.1, 0.15) is 59.1 Å². The van der Waals surface area contributed by atoms with Crippen LogP contribution < -0.4 is 0 Å². The van der Waals surface area contributed by atoms with Gasteiger partial charge in [0.15, 0.2) is 0 Å². The van der Waals surface area contributed by atoms with Crippen molar-refractivity contribution < 1.29 is 8.42 Å². The summed E-state index contributed by atoms with van der Waals surface area (Å²) in [7, 11) is -1.17. The second-order valence-electron chi connectivity index (χ2n) is 8.46. The van der Waals surface area contributed by atoms with E-state index in [0.717, 1.165) is 57.7 Å². The van der Waals surface area contributed by atoms with Gasteiger partial charge in [-0.25, -0.2) is 13.4 Å². The molecular weight excluding hydrogens is 360 g/mol. The van der Waals surface area contributed by atoms with Gasteiger partial charge in [-0.1, -0.05) is 27.2 Å². The summed E-state index contributed by atoms with van der Waals surface area (Å²) in [4.78, 5) is 9.16. The lowest BCUT2D eigenvalue weighted by Gasteiger charge is -2.37. The van der Waals surface area contributed by atoms with Gasteiger partial charge in [-0.3, -0.25) is 4.90 Å². The van der Waals surface area contributed by atoms with Crippen LogP contribution in [0.15, 0.2) is 11.4 Å². The van der Waals surface area contributed by atoms with Gasteiger partial charge in [0.2, 0.25) is 15.0 Å². The summed E-state index contributed by atoms with van der Waals surface area (Å²) in [5.41, 5.74) is 1.03. The van der Waals surface area contributed by atoms with Crippen molar-refractivity contribution in [1.82, 2.24) is 19.4 Å². The minimum atomic E-state index is -3.33. The molecule has 2 rings (SSSR count). The van der Waals surface area contributed by atoms with E-state index in [9.17, 15) is 8.42 Å². The smallest absolute Gasteiger partial charge is 0.227 e. The van der Waals surface area contributed by atoms with Crippen LogP contribution in [0.25, 0.3) is 0 Å². The third-order valence-corrected chi connectivity index (χ3v) is 7.25. The summed E-state index contributed by atoms with van der Waals surface area (Å²) in [5.74, 6) is 0.717. The highest BCUT2D eigenvalue weighted by Gasteiger charge is 2.26. The number of imidazole rings is 1. The van der Waals surface area contributed by atoms with Gasteiger partial charge in [-0.15, -0.1) is 0 Å². The maximum atomic E-state index is 12.9. The fourth-order valence-corrected chi connectivity index (χ4v) is 5.08. The molecule has 156 valence electrons. The molecule has 27 heavy (non-hydrogen) atoms. The summed E-state index contributed by atoms with van der Waals surface area (Å²) >= 11 is 0. The Hall–Kier alpha value is -0.920.